The van der Waals surface area contributed by atoms with Crippen LogP contribution in [0.15, 0.2) is 36.1 Å². The first-order valence-corrected chi connectivity index (χ1v) is 10.8. The molecule has 0 radical (unpaired) electrons. The van der Waals surface area contributed by atoms with Crippen molar-refractivity contribution < 1.29 is 5.11 Å². The van der Waals surface area contributed by atoms with Gasteiger partial charge < -0.3 is 31.9 Å². The van der Waals surface area contributed by atoms with E-state index in [2.05, 4.69) is 43.9 Å². The maximum Gasteiger partial charge on any atom is 0.125 e. The minimum Gasteiger partial charge on any atom is -0.507 e. The highest BCUT2D eigenvalue weighted by atomic mass is 16.3. The van der Waals surface area contributed by atoms with Crippen LogP contribution in [0.1, 0.15) is 46.1 Å². The average molecular weight is 423 g/mol. The fourth-order valence-corrected chi connectivity index (χ4v) is 5.29. The molecule has 4 rings (SSSR count). The molecule has 0 spiro atoms. The van der Waals surface area contributed by atoms with E-state index in [1.165, 1.54) is 5.57 Å². The molecule has 3 aliphatic rings. The fraction of sp³-hybridized carbons (Fsp3) is 0.458. The number of nitrogens with two attached hydrogens (primary N) is 1. The predicted octanol–water partition coefficient (Wildman–Crippen LogP) is 0.890. The standard InChI is InChI=1S/C24H34N6O/c1-23(2)11-16(12-24(3,4)29-23)30(5)21(26)7-6-19(25)18-9-14-8-15-13-27-28-22(15)17(14)10-20(18)31/h6-7,9-10,13,16,26-29,31H,8,11-12,25H2,1-5H3. The number of aromatic hydroxyl groups is 1. The van der Waals surface area contributed by atoms with Gasteiger partial charge in [-0.05, 0) is 76.0 Å². The third-order valence-corrected chi connectivity index (χ3v) is 6.46. The van der Waals surface area contributed by atoms with E-state index >= 15 is 0 Å². The lowest BCUT2D eigenvalue weighted by atomic mass is 9.79. The van der Waals surface area contributed by atoms with Crippen LogP contribution in [0, 0.1) is 5.41 Å². The molecule has 166 valence electrons. The highest BCUT2D eigenvalue weighted by molar-refractivity contribution is 5.92. The van der Waals surface area contributed by atoms with Gasteiger partial charge in [0.15, 0.2) is 0 Å². The van der Waals surface area contributed by atoms with Crippen LogP contribution in [0.4, 0.5) is 0 Å². The minimum absolute atomic E-state index is 0.0160. The largest absolute Gasteiger partial charge is 0.507 e. The van der Waals surface area contributed by atoms with E-state index in [0.29, 0.717) is 16.8 Å². The monoisotopic (exact) mass is 422 g/mol. The summed E-state index contributed by atoms with van der Waals surface area (Å²) in [6.07, 6.45) is 8.12. The van der Waals surface area contributed by atoms with Crippen LogP contribution in [0.2, 0.25) is 0 Å². The number of fused-ring (bicyclic) bond motifs is 2. The molecule has 1 aromatic rings. The Morgan fingerprint density at radius 2 is 1.87 bits per heavy atom. The van der Waals surface area contributed by atoms with Crippen LogP contribution in [0.3, 0.4) is 0 Å². The van der Waals surface area contributed by atoms with Crippen molar-refractivity contribution in [3.63, 3.8) is 0 Å². The predicted molar refractivity (Wildman–Crippen MR) is 125 cm³/mol. The van der Waals surface area contributed by atoms with Gasteiger partial charge in [0, 0.05) is 52.9 Å². The van der Waals surface area contributed by atoms with Crippen LogP contribution >= 0.6 is 0 Å². The third-order valence-electron chi connectivity index (χ3n) is 6.46. The molecule has 2 heterocycles. The van der Waals surface area contributed by atoms with Gasteiger partial charge in [-0.15, -0.1) is 0 Å². The van der Waals surface area contributed by atoms with Crippen molar-refractivity contribution in [2.45, 2.75) is 64.1 Å². The Morgan fingerprint density at radius 3 is 2.55 bits per heavy atom. The topological polar surface area (TPSA) is 109 Å². The lowest BCUT2D eigenvalue weighted by Gasteiger charge is -2.49. The Balaban J connectivity index is 1.56. The van der Waals surface area contributed by atoms with Crippen molar-refractivity contribution in [1.29, 1.82) is 5.41 Å². The number of likely N-dealkylation sites (N-methyl/N-ethyl adjacent to an activating group) is 1. The molecule has 7 heteroatoms. The molecule has 1 saturated heterocycles. The molecular weight excluding hydrogens is 388 g/mol. The second-order valence-corrected chi connectivity index (χ2v) is 10.3. The molecule has 0 aromatic heterocycles. The zero-order valence-corrected chi connectivity index (χ0v) is 19.1. The van der Waals surface area contributed by atoms with Crippen molar-refractivity contribution in [3.05, 3.63) is 52.1 Å². The van der Waals surface area contributed by atoms with E-state index in [9.17, 15) is 5.11 Å². The number of nitrogens with zero attached hydrogens (tertiary/aromatic N) is 1. The van der Waals surface area contributed by atoms with Gasteiger partial charge in [-0.2, -0.15) is 0 Å². The van der Waals surface area contributed by atoms with Crippen LogP contribution in [0.5, 0.6) is 5.75 Å². The zero-order chi connectivity index (χ0) is 22.6. The maximum absolute atomic E-state index is 10.6. The molecule has 0 saturated carbocycles. The van der Waals surface area contributed by atoms with E-state index in [1.54, 1.807) is 18.2 Å². The fourth-order valence-electron chi connectivity index (χ4n) is 5.29. The molecule has 0 amide bonds. The minimum atomic E-state index is 0.0160. The molecule has 0 bridgehead atoms. The normalized spacial score (nSPS) is 22.4. The van der Waals surface area contributed by atoms with E-state index in [0.717, 1.165) is 35.7 Å². The summed E-state index contributed by atoms with van der Waals surface area (Å²) in [6.45, 7) is 8.85. The first-order valence-electron chi connectivity index (χ1n) is 10.8. The average Bonchev–Trinajstić information content (AvgIpc) is 3.23. The van der Waals surface area contributed by atoms with Gasteiger partial charge in [0.2, 0.25) is 0 Å². The van der Waals surface area contributed by atoms with Gasteiger partial charge in [-0.25, -0.2) is 0 Å². The van der Waals surface area contributed by atoms with Gasteiger partial charge in [-0.1, -0.05) is 0 Å². The summed E-state index contributed by atoms with van der Waals surface area (Å²) in [4.78, 5) is 2.03. The van der Waals surface area contributed by atoms with E-state index in [4.69, 9.17) is 11.1 Å². The molecule has 1 aromatic carbocycles. The van der Waals surface area contributed by atoms with Crippen LogP contribution in [-0.4, -0.2) is 40.0 Å². The molecule has 1 aliphatic carbocycles. The lowest BCUT2D eigenvalue weighted by Crippen LogP contribution is -2.62. The molecule has 31 heavy (non-hydrogen) atoms. The molecule has 7 nitrogen and oxygen atoms in total. The number of piperidine rings is 1. The molecule has 1 fully saturated rings. The highest BCUT2D eigenvalue weighted by Gasteiger charge is 2.39. The number of hydrazine groups is 1. The van der Waals surface area contributed by atoms with Crippen molar-refractivity contribution >= 4 is 17.2 Å². The van der Waals surface area contributed by atoms with Crippen molar-refractivity contribution in [2.24, 2.45) is 5.73 Å². The van der Waals surface area contributed by atoms with Gasteiger partial charge in [0.25, 0.3) is 0 Å². The van der Waals surface area contributed by atoms with Crippen LogP contribution in [0.25, 0.3) is 11.4 Å². The molecule has 2 aliphatic heterocycles. The zero-order valence-electron chi connectivity index (χ0n) is 19.1. The molecule has 7 N–H and O–H groups in total. The number of hydrogen-bond acceptors (Lipinski definition) is 6. The van der Waals surface area contributed by atoms with Crippen LogP contribution < -0.4 is 32.3 Å². The van der Waals surface area contributed by atoms with E-state index < -0.39 is 0 Å². The van der Waals surface area contributed by atoms with E-state index in [1.807, 2.05) is 24.2 Å². The smallest absolute Gasteiger partial charge is 0.125 e. The van der Waals surface area contributed by atoms with Crippen molar-refractivity contribution in [3.8, 4) is 5.75 Å². The summed E-state index contributed by atoms with van der Waals surface area (Å²) in [5, 5.41) is 24.4. The van der Waals surface area contributed by atoms with Crippen molar-refractivity contribution in [1.82, 2.24) is 21.1 Å². The lowest BCUT2D eigenvalue weighted by molar-refractivity contribution is 0.114. The Hall–Kier alpha value is -2.93. The first kappa shape index (κ1) is 21.3. The highest BCUT2D eigenvalue weighted by Crippen LogP contribution is 2.31. The third kappa shape index (κ3) is 4.14. The van der Waals surface area contributed by atoms with E-state index in [-0.39, 0.29) is 22.9 Å². The summed E-state index contributed by atoms with van der Waals surface area (Å²) in [5.41, 5.74) is 16.2. The second-order valence-electron chi connectivity index (χ2n) is 10.3. The number of nitrogens with one attached hydrogen (secondary N) is 4. The number of phenols is 1. The van der Waals surface area contributed by atoms with Crippen LogP contribution in [-0.2, 0) is 6.42 Å². The molecule has 0 unspecified atom stereocenters. The summed E-state index contributed by atoms with van der Waals surface area (Å²) in [6, 6.07) is 3.98. The number of rotatable bonds is 3. The van der Waals surface area contributed by atoms with Crippen molar-refractivity contribution in [2.75, 3.05) is 7.05 Å². The number of benzene rings is 1. The first-order chi connectivity index (χ1) is 14.5. The Kier molecular flexibility index (Phi) is 5.04. The quantitative estimate of drug-likeness (QED) is 0.319. The molecular formula is C24H34N6O. The summed E-state index contributed by atoms with van der Waals surface area (Å²) in [5.74, 6) is 0.553. The Labute approximate surface area is 183 Å². The van der Waals surface area contributed by atoms with Gasteiger partial charge in [0.1, 0.15) is 11.6 Å². The van der Waals surface area contributed by atoms with Gasteiger partial charge in [-0.3, -0.25) is 5.41 Å². The van der Waals surface area contributed by atoms with Gasteiger partial charge >= 0.3 is 0 Å². The maximum atomic E-state index is 10.6. The summed E-state index contributed by atoms with van der Waals surface area (Å²) >= 11 is 0. The summed E-state index contributed by atoms with van der Waals surface area (Å²) in [7, 11) is 1.97. The number of phenolic OH excluding ortho intramolecular Hbond substituents is 1. The Morgan fingerprint density at radius 1 is 1.19 bits per heavy atom. The Bertz CT molecular complexity index is 1100. The number of amidine groups is 1. The number of hydrogen-bond donors (Lipinski definition) is 6. The SMILES string of the molecule is CN(C(=N)C=CC(N)=c1cc2c(cc1O)=C1NNC=C1C2)C1CC(C)(C)NC(C)(C)C1. The van der Waals surface area contributed by atoms with Gasteiger partial charge in [0.05, 0.1) is 5.70 Å². The second kappa shape index (κ2) is 7.34. The molecule has 0 atom stereocenters. The summed E-state index contributed by atoms with van der Waals surface area (Å²) < 4.78 is 0.